The smallest absolute Gasteiger partial charge is 0.254 e. The van der Waals surface area contributed by atoms with Crippen molar-refractivity contribution < 1.29 is 14.6 Å². The molecule has 2 fully saturated rings. The highest BCUT2D eigenvalue weighted by atomic mass is 16.5. The Kier molecular flexibility index (Phi) is 5.77. The zero-order valence-corrected chi connectivity index (χ0v) is 15.4. The summed E-state index contributed by atoms with van der Waals surface area (Å²) in [6.45, 7) is 9.34. The van der Waals surface area contributed by atoms with Gasteiger partial charge in [0.05, 0.1) is 0 Å². The maximum absolute atomic E-state index is 12.6. The minimum atomic E-state index is -1.22. The Labute approximate surface area is 150 Å². The van der Waals surface area contributed by atoms with Crippen LogP contribution in [0, 0.1) is 0 Å². The van der Waals surface area contributed by atoms with Crippen LogP contribution >= 0.6 is 0 Å². The van der Waals surface area contributed by atoms with Crippen LogP contribution in [-0.2, 0) is 16.1 Å². The van der Waals surface area contributed by atoms with Gasteiger partial charge in [0.25, 0.3) is 5.91 Å². The molecule has 1 aromatic rings. The van der Waals surface area contributed by atoms with Gasteiger partial charge in [-0.1, -0.05) is 38.1 Å². The first-order valence-corrected chi connectivity index (χ1v) is 9.39. The van der Waals surface area contributed by atoms with Crippen LogP contribution in [-0.4, -0.2) is 65.8 Å². The topological polar surface area (TPSA) is 53.0 Å². The molecule has 1 amide bonds. The van der Waals surface area contributed by atoms with Crippen molar-refractivity contribution >= 4 is 5.91 Å². The fraction of sp³-hybridized carbons (Fsp3) is 0.650. The molecule has 0 aromatic heterocycles. The lowest BCUT2D eigenvalue weighted by atomic mass is 9.92. The molecule has 3 rings (SSSR count). The van der Waals surface area contributed by atoms with Gasteiger partial charge >= 0.3 is 0 Å². The lowest BCUT2D eigenvalue weighted by molar-refractivity contribution is -0.162. The molecule has 138 valence electrons. The van der Waals surface area contributed by atoms with Gasteiger partial charge < -0.3 is 14.7 Å². The summed E-state index contributed by atoms with van der Waals surface area (Å²) in [4.78, 5) is 16.8. The van der Waals surface area contributed by atoms with Crippen LogP contribution in [0.4, 0.5) is 0 Å². The van der Waals surface area contributed by atoms with Gasteiger partial charge in [-0.3, -0.25) is 9.69 Å². The van der Waals surface area contributed by atoms with Gasteiger partial charge in [0.1, 0.15) is 5.60 Å². The molecule has 5 heteroatoms. The van der Waals surface area contributed by atoms with Gasteiger partial charge in [-0.15, -0.1) is 0 Å². The number of amides is 1. The van der Waals surface area contributed by atoms with E-state index >= 15 is 0 Å². The maximum atomic E-state index is 12.6. The molecular formula is C20H30N2O3. The van der Waals surface area contributed by atoms with E-state index in [0.29, 0.717) is 45.1 Å². The summed E-state index contributed by atoms with van der Waals surface area (Å²) in [7, 11) is 0. The van der Waals surface area contributed by atoms with Crippen molar-refractivity contribution in [1.29, 1.82) is 0 Å². The molecule has 0 bridgehead atoms. The molecule has 2 saturated heterocycles. The second-order valence-corrected chi connectivity index (χ2v) is 7.61. The highest BCUT2D eigenvalue weighted by Gasteiger charge is 2.41. The number of hydrogen-bond acceptors (Lipinski definition) is 4. The normalized spacial score (nSPS) is 21.5. The Bertz CT molecular complexity index is 571. The maximum Gasteiger partial charge on any atom is 0.254 e. The van der Waals surface area contributed by atoms with E-state index in [2.05, 4.69) is 43.0 Å². The van der Waals surface area contributed by atoms with Crippen LogP contribution in [0.2, 0.25) is 0 Å². The van der Waals surface area contributed by atoms with Crippen molar-refractivity contribution in [2.75, 3.05) is 39.4 Å². The number of ether oxygens (including phenoxy) is 1. The van der Waals surface area contributed by atoms with E-state index in [1.165, 1.54) is 11.1 Å². The van der Waals surface area contributed by atoms with E-state index in [1.54, 1.807) is 0 Å². The highest BCUT2D eigenvalue weighted by molar-refractivity contribution is 5.85. The Morgan fingerprint density at radius 1 is 1.12 bits per heavy atom. The summed E-state index contributed by atoms with van der Waals surface area (Å²) in [5, 5.41) is 10.6. The third-order valence-electron chi connectivity index (χ3n) is 5.43. The fourth-order valence-electron chi connectivity index (χ4n) is 3.59. The zero-order chi connectivity index (χ0) is 17.9. The Hall–Kier alpha value is -1.43. The Balaban J connectivity index is 1.50. The SMILES string of the molecule is CC(C)c1ccc(CN2CCN(C(=O)C3(O)CCOCC3)CC2)cc1. The van der Waals surface area contributed by atoms with Crippen LogP contribution in [0.5, 0.6) is 0 Å². The molecule has 0 spiro atoms. The van der Waals surface area contributed by atoms with Crippen molar-refractivity contribution in [1.82, 2.24) is 9.80 Å². The van der Waals surface area contributed by atoms with E-state index < -0.39 is 5.60 Å². The summed E-state index contributed by atoms with van der Waals surface area (Å²) in [5.41, 5.74) is 1.46. The Morgan fingerprint density at radius 2 is 1.72 bits per heavy atom. The first-order valence-electron chi connectivity index (χ1n) is 9.39. The molecule has 0 atom stereocenters. The van der Waals surface area contributed by atoms with Gasteiger partial charge in [-0.05, 0) is 17.0 Å². The number of benzene rings is 1. The molecule has 2 aliphatic heterocycles. The van der Waals surface area contributed by atoms with E-state index in [0.717, 1.165) is 19.6 Å². The van der Waals surface area contributed by atoms with Crippen molar-refractivity contribution in [2.45, 2.75) is 44.8 Å². The average molecular weight is 346 g/mol. The van der Waals surface area contributed by atoms with Crippen molar-refractivity contribution in [2.24, 2.45) is 0 Å². The molecule has 0 radical (unpaired) electrons. The third-order valence-corrected chi connectivity index (χ3v) is 5.43. The fourth-order valence-corrected chi connectivity index (χ4v) is 3.59. The first-order chi connectivity index (χ1) is 12.0. The molecule has 0 unspecified atom stereocenters. The van der Waals surface area contributed by atoms with Crippen LogP contribution in [0.1, 0.15) is 43.7 Å². The lowest BCUT2D eigenvalue weighted by Gasteiger charge is -2.40. The zero-order valence-electron chi connectivity index (χ0n) is 15.4. The molecule has 5 nitrogen and oxygen atoms in total. The van der Waals surface area contributed by atoms with E-state index in [4.69, 9.17) is 4.74 Å². The van der Waals surface area contributed by atoms with Gasteiger partial charge in [0.2, 0.25) is 0 Å². The van der Waals surface area contributed by atoms with Crippen LogP contribution in [0.15, 0.2) is 24.3 Å². The monoisotopic (exact) mass is 346 g/mol. The third kappa shape index (κ3) is 4.40. The summed E-state index contributed by atoms with van der Waals surface area (Å²) in [6, 6.07) is 8.83. The predicted octanol–water partition coefficient (Wildman–Crippen LogP) is 2.00. The molecule has 1 N–H and O–H groups in total. The molecular weight excluding hydrogens is 316 g/mol. The second-order valence-electron chi connectivity index (χ2n) is 7.61. The standard InChI is InChI=1S/C20H30N2O3/c1-16(2)18-5-3-17(4-6-18)15-21-9-11-22(12-10-21)19(23)20(24)7-13-25-14-8-20/h3-6,16,24H,7-15H2,1-2H3. The van der Waals surface area contributed by atoms with Crippen LogP contribution in [0.25, 0.3) is 0 Å². The average Bonchev–Trinajstić information content (AvgIpc) is 2.63. The second kappa shape index (κ2) is 7.85. The van der Waals surface area contributed by atoms with Crippen LogP contribution < -0.4 is 0 Å². The van der Waals surface area contributed by atoms with Gasteiger partial charge in [0, 0.05) is 58.8 Å². The Morgan fingerprint density at radius 3 is 2.28 bits per heavy atom. The van der Waals surface area contributed by atoms with E-state index in [9.17, 15) is 9.90 Å². The number of piperazine rings is 1. The number of carbonyl (C=O) groups excluding carboxylic acids is 1. The number of nitrogens with zero attached hydrogens (tertiary/aromatic N) is 2. The number of hydrogen-bond donors (Lipinski definition) is 1. The van der Waals surface area contributed by atoms with Gasteiger partial charge in [0.15, 0.2) is 0 Å². The lowest BCUT2D eigenvalue weighted by Crippen LogP contribution is -2.57. The van der Waals surface area contributed by atoms with E-state index in [-0.39, 0.29) is 5.91 Å². The molecule has 25 heavy (non-hydrogen) atoms. The number of aliphatic hydroxyl groups is 1. The largest absolute Gasteiger partial charge is 0.381 e. The first kappa shape index (κ1) is 18.4. The quantitative estimate of drug-likeness (QED) is 0.906. The molecule has 0 saturated carbocycles. The summed E-state index contributed by atoms with van der Waals surface area (Å²) in [5.74, 6) is 0.441. The molecule has 0 aliphatic carbocycles. The highest BCUT2D eigenvalue weighted by Crippen LogP contribution is 2.24. The van der Waals surface area contributed by atoms with Gasteiger partial charge in [-0.2, -0.15) is 0 Å². The van der Waals surface area contributed by atoms with Gasteiger partial charge in [-0.25, -0.2) is 0 Å². The van der Waals surface area contributed by atoms with Crippen molar-refractivity contribution in [3.8, 4) is 0 Å². The summed E-state index contributed by atoms with van der Waals surface area (Å²) in [6.07, 6.45) is 0.822. The predicted molar refractivity (Wildman–Crippen MR) is 97.4 cm³/mol. The molecule has 2 heterocycles. The summed E-state index contributed by atoms with van der Waals surface area (Å²) >= 11 is 0. The summed E-state index contributed by atoms with van der Waals surface area (Å²) < 4.78 is 5.27. The molecule has 1 aromatic carbocycles. The van der Waals surface area contributed by atoms with Crippen molar-refractivity contribution in [3.05, 3.63) is 35.4 Å². The van der Waals surface area contributed by atoms with Crippen LogP contribution in [0.3, 0.4) is 0 Å². The minimum Gasteiger partial charge on any atom is -0.381 e. The van der Waals surface area contributed by atoms with Crippen molar-refractivity contribution in [3.63, 3.8) is 0 Å². The number of rotatable bonds is 4. The van der Waals surface area contributed by atoms with E-state index in [1.807, 2.05) is 4.90 Å². The minimum absolute atomic E-state index is 0.114. The number of carbonyl (C=O) groups is 1. The molecule has 2 aliphatic rings.